The van der Waals surface area contributed by atoms with Gasteiger partial charge in [-0.25, -0.2) is 0 Å². The van der Waals surface area contributed by atoms with Crippen molar-refractivity contribution >= 4 is 0 Å². The molecule has 0 amide bonds. The fourth-order valence-corrected chi connectivity index (χ4v) is 0. The normalized spacial score (nSPS) is 3.79. The van der Waals surface area contributed by atoms with E-state index in [1.165, 1.54) is 0 Å². The minimum atomic E-state index is -1.75. The molecule has 0 heterocycles. The van der Waals surface area contributed by atoms with E-state index in [2.05, 4.69) is 0 Å². The third-order valence-electron chi connectivity index (χ3n) is 0. The van der Waals surface area contributed by atoms with Crippen LogP contribution in [-0.2, 0) is 19.5 Å². The second-order valence-electron chi connectivity index (χ2n) is 0.671. The molecule has 0 aromatic rings. The minimum Gasteiger partial charge on any atom is -0.412 e. The SMILES string of the molecule is O.O.O.O.O.O.O=[N+]([O-])[O-].O=[N+]([O-])[O-].O=[N+]([O-])[O-].[Zn]. The van der Waals surface area contributed by atoms with E-state index in [-0.39, 0.29) is 52.3 Å². The molecule has 0 aromatic carbocycles. The molecule has 0 spiro atoms. The Labute approximate surface area is 114 Å². The van der Waals surface area contributed by atoms with Crippen molar-refractivity contribution in [2.45, 2.75) is 0 Å². The second kappa shape index (κ2) is 73.6. The largest absolute Gasteiger partial charge is 0.412 e. The summed E-state index contributed by atoms with van der Waals surface area (Å²) in [7, 11) is 0. The monoisotopic (exact) mass is 358 g/mol. The summed E-state index contributed by atoms with van der Waals surface area (Å²) in [4.78, 5) is 24.8. The van der Waals surface area contributed by atoms with Crippen molar-refractivity contribution in [2.24, 2.45) is 0 Å². The Morgan fingerprint density at radius 2 is 0.421 bits per heavy atom. The van der Waals surface area contributed by atoms with Gasteiger partial charge in [0, 0.05) is 19.5 Å². The van der Waals surface area contributed by atoms with E-state index >= 15 is 0 Å². The van der Waals surface area contributed by atoms with Crippen LogP contribution < -0.4 is 0 Å². The summed E-state index contributed by atoms with van der Waals surface area (Å²) >= 11 is 0. The van der Waals surface area contributed by atoms with Gasteiger partial charge in [0.25, 0.3) is 0 Å². The van der Waals surface area contributed by atoms with Gasteiger partial charge >= 0.3 is 0 Å². The van der Waals surface area contributed by atoms with Crippen molar-refractivity contribution in [3.05, 3.63) is 46.0 Å². The predicted molar refractivity (Wildman–Crippen MR) is 52.8 cm³/mol. The Balaban J connectivity index is -0.00000000675. The van der Waals surface area contributed by atoms with Crippen LogP contribution in [0.1, 0.15) is 0 Å². The quantitative estimate of drug-likeness (QED) is 0.225. The van der Waals surface area contributed by atoms with Gasteiger partial charge in [0.15, 0.2) is 0 Å². The molecule has 0 aliphatic heterocycles. The van der Waals surface area contributed by atoms with Crippen molar-refractivity contribution in [2.75, 3.05) is 0 Å². The van der Waals surface area contributed by atoms with Crippen LogP contribution in [0.25, 0.3) is 0 Å². The van der Waals surface area contributed by atoms with Crippen LogP contribution in [0.5, 0.6) is 0 Å². The number of hydrogen-bond acceptors (Lipinski definition) is 9. The van der Waals surface area contributed by atoms with Crippen LogP contribution in [0.3, 0.4) is 0 Å². The molecule has 0 unspecified atom stereocenters. The maximum atomic E-state index is 8.25. The molecule has 0 saturated heterocycles. The second-order valence-corrected chi connectivity index (χ2v) is 0.671. The topological polar surface area (TPSA) is 388 Å². The molecule has 122 valence electrons. The van der Waals surface area contributed by atoms with Crippen LogP contribution in [-0.4, -0.2) is 48.1 Å². The maximum absolute atomic E-state index is 8.25. The first kappa shape index (κ1) is 89.0. The van der Waals surface area contributed by atoms with E-state index in [1.807, 2.05) is 0 Å². The first-order chi connectivity index (χ1) is 5.20. The Morgan fingerprint density at radius 1 is 0.421 bits per heavy atom. The molecule has 0 atom stereocenters. The van der Waals surface area contributed by atoms with E-state index in [0.29, 0.717) is 0 Å². The molecular weight excluding hydrogens is 347 g/mol. The van der Waals surface area contributed by atoms with Gasteiger partial charge in [-0.3, -0.25) is 0 Å². The Morgan fingerprint density at radius 3 is 0.421 bits per heavy atom. The van der Waals surface area contributed by atoms with Gasteiger partial charge in [0.2, 0.25) is 0 Å². The van der Waals surface area contributed by atoms with E-state index in [4.69, 9.17) is 46.0 Å². The van der Waals surface area contributed by atoms with Crippen LogP contribution in [0.15, 0.2) is 0 Å². The number of rotatable bonds is 0. The van der Waals surface area contributed by atoms with E-state index in [1.54, 1.807) is 0 Å². The summed E-state index contributed by atoms with van der Waals surface area (Å²) in [5, 5.41) is 44.2. The Hall–Kier alpha value is -2.02. The summed E-state index contributed by atoms with van der Waals surface area (Å²) in [6, 6.07) is 0. The first-order valence-corrected chi connectivity index (χ1v) is 1.64. The predicted octanol–water partition coefficient (Wildman–Crippen LogP) is -5.67. The molecule has 0 aliphatic rings. The van der Waals surface area contributed by atoms with Gasteiger partial charge < -0.3 is 78.8 Å². The van der Waals surface area contributed by atoms with E-state index < -0.39 is 15.3 Å². The molecule has 0 fully saturated rings. The molecule has 18 nitrogen and oxygen atoms in total. The molecule has 0 aliphatic carbocycles. The third kappa shape index (κ3) is 768. The molecule has 0 rings (SSSR count). The van der Waals surface area contributed by atoms with E-state index in [0.717, 1.165) is 0 Å². The van der Waals surface area contributed by atoms with Crippen LogP contribution >= 0.6 is 0 Å². The smallest absolute Gasteiger partial charge is 0.0689 e. The van der Waals surface area contributed by atoms with Crippen molar-refractivity contribution in [3.8, 4) is 0 Å². The summed E-state index contributed by atoms with van der Waals surface area (Å²) in [5.74, 6) is 0. The zero-order valence-electron chi connectivity index (χ0n) is 8.72. The average molecular weight is 359 g/mol. The van der Waals surface area contributed by atoms with Gasteiger partial charge in [0.1, 0.15) is 0 Å². The van der Waals surface area contributed by atoms with Crippen molar-refractivity contribution < 1.29 is 67.6 Å². The molecule has 19 heteroatoms. The molecule has 0 aromatic heterocycles. The van der Waals surface area contributed by atoms with Gasteiger partial charge in [-0.1, -0.05) is 0 Å². The fourth-order valence-electron chi connectivity index (χ4n) is 0. The van der Waals surface area contributed by atoms with Crippen LogP contribution in [0.2, 0.25) is 0 Å². The van der Waals surface area contributed by atoms with Crippen LogP contribution in [0, 0.1) is 46.0 Å². The van der Waals surface area contributed by atoms with Crippen molar-refractivity contribution in [1.29, 1.82) is 0 Å². The minimum absolute atomic E-state index is 0. The fraction of sp³-hybridized carbons (Fsp3) is 0. The number of hydrogen-bond donors (Lipinski definition) is 0. The first-order valence-electron chi connectivity index (χ1n) is 1.64. The molecule has 12 N–H and O–H groups in total. The van der Waals surface area contributed by atoms with Crippen molar-refractivity contribution in [3.63, 3.8) is 0 Å². The van der Waals surface area contributed by atoms with Gasteiger partial charge in [-0.05, 0) is 0 Å². The summed E-state index contributed by atoms with van der Waals surface area (Å²) in [6.45, 7) is 0. The van der Waals surface area contributed by atoms with Gasteiger partial charge in [-0.2, -0.15) is 0 Å². The standard InChI is InChI=1S/3NO3.6H2O.Zn/c3*2-1(3)4;;;;;;;/h;;;6*1H2;/q3*-1;;;;;;;. The molecule has 19 heavy (non-hydrogen) atoms. The maximum Gasteiger partial charge on any atom is 0.0689 e. The third-order valence-corrected chi connectivity index (χ3v) is 0. The summed E-state index contributed by atoms with van der Waals surface area (Å²) in [6.07, 6.45) is 0. The van der Waals surface area contributed by atoms with E-state index in [9.17, 15) is 0 Å². The Kier molecular flexibility index (Phi) is 345. The average Bonchev–Trinajstić information content (AvgIpc) is 1.54. The number of nitrogens with zero attached hydrogens (tertiary/aromatic N) is 3. The summed E-state index contributed by atoms with van der Waals surface area (Å²) in [5.41, 5.74) is 0. The zero-order valence-corrected chi connectivity index (χ0v) is 11.7. The molecule has 0 radical (unpaired) electrons. The zero-order chi connectivity index (χ0) is 10.7. The van der Waals surface area contributed by atoms with Crippen molar-refractivity contribution in [1.82, 2.24) is 0 Å². The van der Waals surface area contributed by atoms with Gasteiger partial charge in [0.05, 0.1) is 15.3 Å². The molecular formula is H12N3O15Zn-3. The molecule has 0 saturated carbocycles. The summed E-state index contributed by atoms with van der Waals surface area (Å²) < 4.78 is 0. The Bertz CT molecular complexity index is 115. The van der Waals surface area contributed by atoms with Gasteiger partial charge in [-0.15, -0.1) is 0 Å². The van der Waals surface area contributed by atoms with Crippen LogP contribution in [0.4, 0.5) is 0 Å². The molecule has 0 bridgehead atoms.